The fraction of sp³-hybridized carbons (Fsp3) is 0.391. The number of alkyl halides is 3. The molecule has 0 aliphatic carbocycles. The smallest absolute Gasteiger partial charge is 0.416 e. The number of hydrogen-bond acceptors (Lipinski definition) is 4. The first-order chi connectivity index (χ1) is 14.9. The van der Waals surface area contributed by atoms with E-state index in [9.17, 15) is 18.0 Å². The predicted octanol–water partition coefficient (Wildman–Crippen LogP) is 4.95. The number of nitrogens with zero attached hydrogens (tertiary/aromatic N) is 2. The molecular weight excluding hydrogens is 407 g/mol. The molecule has 1 aliphatic rings. The van der Waals surface area contributed by atoms with E-state index in [0.29, 0.717) is 19.0 Å². The van der Waals surface area contributed by atoms with Crippen molar-refractivity contribution in [1.82, 2.24) is 4.90 Å². The summed E-state index contributed by atoms with van der Waals surface area (Å²) in [7, 11) is 0. The average molecular weight is 433 g/mol. The van der Waals surface area contributed by atoms with E-state index in [1.54, 1.807) is 6.92 Å². The quantitative estimate of drug-likeness (QED) is 0.314. The molecule has 0 amide bonds. The Balaban J connectivity index is 1.68. The van der Waals surface area contributed by atoms with Gasteiger partial charge >= 0.3 is 12.1 Å². The zero-order valence-corrected chi connectivity index (χ0v) is 17.4. The van der Waals surface area contributed by atoms with Gasteiger partial charge in [-0.2, -0.15) is 13.2 Å². The molecule has 0 bridgehead atoms. The van der Waals surface area contributed by atoms with E-state index in [4.69, 9.17) is 4.74 Å². The lowest BCUT2D eigenvalue weighted by Crippen LogP contribution is -2.43. The highest BCUT2D eigenvalue weighted by Crippen LogP contribution is 2.30. The molecule has 0 spiro atoms. The fourth-order valence-electron chi connectivity index (χ4n) is 3.62. The predicted molar refractivity (Wildman–Crippen MR) is 114 cm³/mol. The van der Waals surface area contributed by atoms with Crippen LogP contribution >= 0.6 is 0 Å². The Kier molecular flexibility index (Phi) is 7.55. The molecule has 2 aromatic carbocycles. The van der Waals surface area contributed by atoms with Crippen LogP contribution in [0.15, 0.2) is 59.7 Å². The van der Waals surface area contributed by atoms with Crippen LogP contribution in [0.1, 0.15) is 30.9 Å². The van der Waals surface area contributed by atoms with Gasteiger partial charge in [0.15, 0.2) is 0 Å². The zero-order chi connectivity index (χ0) is 22.3. The van der Waals surface area contributed by atoms with Crippen molar-refractivity contribution in [2.75, 3.05) is 25.1 Å². The van der Waals surface area contributed by atoms with Gasteiger partial charge in [0, 0.05) is 13.1 Å². The molecule has 0 aromatic heterocycles. The van der Waals surface area contributed by atoms with E-state index in [-0.39, 0.29) is 18.1 Å². The van der Waals surface area contributed by atoms with Crippen molar-refractivity contribution in [2.45, 2.75) is 32.4 Å². The number of hydrazone groups is 1. The molecule has 1 aliphatic heterocycles. The molecule has 3 rings (SSSR count). The molecular formula is C23H26F3N3O2. The van der Waals surface area contributed by atoms with Gasteiger partial charge in [-0.3, -0.25) is 5.43 Å². The maximum Gasteiger partial charge on any atom is 0.416 e. The minimum absolute atomic E-state index is 0.0809. The van der Waals surface area contributed by atoms with Gasteiger partial charge in [-0.25, -0.2) is 4.79 Å². The van der Waals surface area contributed by atoms with Gasteiger partial charge < -0.3 is 9.64 Å². The van der Waals surface area contributed by atoms with Crippen LogP contribution in [0.5, 0.6) is 0 Å². The maximum atomic E-state index is 12.9. The second-order valence-corrected chi connectivity index (χ2v) is 7.47. The Labute approximate surface area is 179 Å². The Morgan fingerprint density at radius 2 is 1.84 bits per heavy atom. The molecule has 31 heavy (non-hydrogen) atoms. The van der Waals surface area contributed by atoms with Crippen LogP contribution in [0, 0.1) is 5.92 Å². The van der Waals surface area contributed by atoms with Crippen molar-refractivity contribution in [1.29, 1.82) is 0 Å². The minimum atomic E-state index is -4.45. The maximum absolute atomic E-state index is 12.9. The molecule has 5 nitrogen and oxygen atoms in total. The number of amidine groups is 1. The summed E-state index contributed by atoms with van der Waals surface area (Å²) in [6.45, 7) is 3.13. The second kappa shape index (κ2) is 10.3. The van der Waals surface area contributed by atoms with E-state index in [2.05, 4.69) is 22.7 Å². The third-order valence-electron chi connectivity index (χ3n) is 5.22. The van der Waals surface area contributed by atoms with Crippen molar-refractivity contribution >= 4 is 17.5 Å². The number of piperidine rings is 1. The van der Waals surface area contributed by atoms with Crippen molar-refractivity contribution in [2.24, 2.45) is 11.0 Å². The molecule has 1 heterocycles. The number of carbonyl (C=O) groups is 1. The Morgan fingerprint density at radius 1 is 1.13 bits per heavy atom. The van der Waals surface area contributed by atoms with E-state index < -0.39 is 17.7 Å². The summed E-state index contributed by atoms with van der Waals surface area (Å²) < 4.78 is 43.9. The number of hydrogen-bond donors (Lipinski definition) is 1. The lowest BCUT2D eigenvalue weighted by Gasteiger charge is -2.33. The number of ether oxygens (including phenoxy) is 1. The van der Waals surface area contributed by atoms with E-state index in [1.807, 2.05) is 23.1 Å². The first-order valence-electron chi connectivity index (χ1n) is 10.3. The number of benzene rings is 2. The van der Waals surface area contributed by atoms with E-state index in [1.165, 1.54) is 17.7 Å². The number of esters is 1. The van der Waals surface area contributed by atoms with Crippen LogP contribution in [0.2, 0.25) is 0 Å². The van der Waals surface area contributed by atoms with Crippen molar-refractivity contribution in [3.05, 3.63) is 65.7 Å². The molecule has 1 fully saturated rings. The summed E-state index contributed by atoms with van der Waals surface area (Å²) in [5, 5.41) is 4.12. The summed E-state index contributed by atoms with van der Waals surface area (Å²) in [4.78, 5) is 14.3. The SMILES string of the molecule is CCOC(=O)C(=NNc1cccc(C(F)(F)F)c1)N1CCC(Cc2ccccc2)CC1. The average Bonchev–Trinajstić information content (AvgIpc) is 2.75. The third kappa shape index (κ3) is 6.47. The fourth-order valence-corrected chi connectivity index (χ4v) is 3.62. The topological polar surface area (TPSA) is 53.9 Å². The summed E-state index contributed by atoms with van der Waals surface area (Å²) in [6.07, 6.45) is -1.71. The van der Waals surface area contributed by atoms with Gasteiger partial charge in [0.1, 0.15) is 0 Å². The van der Waals surface area contributed by atoms with Gasteiger partial charge in [-0.05, 0) is 55.9 Å². The highest BCUT2D eigenvalue weighted by molar-refractivity contribution is 6.35. The second-order valence-electron chi connectivity index (χ2n) is 7.47. The van der Waals surface area contributed by atoms with E-state index in [0.717, 1.165) is 31.4 Å². The number of rotatable bonds is 5. The molecule has 166 valence electrons. The monoisotopic (exact) mass is 433 g/mol. The number of carbonyl (C=O) groups excluding carboxylic acids is 1. The van der Waals surface area contributed by atoms with Crippen molar-refractivity contribution in [3.8, 4) is 0 Å². The summed E-state index contributed by atoms with van der Waals surface area (Å²) in [5.74, 6) is -0.0144. The first-order valence-corrected chi connectivity index (χ1v) is 10.3. The van der Waals surface area contributed by atoms with Crippen molar-refractivity contribution in [3.63, 3.8) is 0 Å². The van der Waals surface area contributed by atoms with Gasteiger partial charge in [-0.1, -0.05) is 36.4 Å². The number of nitrogens with one attached hydrogen (secondary N) is 1. The summed E-state index contributed by atoms with van der Waals surface area (Å²) in [5.41, 5.74) is 3.24. The van der Waals surface area contributed by atoms with Crippen LogP contribution in [0.25, 0.3) is 0 Å². The van der Waals surface area contributed by atoms with Crippen LogP contribution in [0.3, 0.4) is 0 Å². The molecule has 0 radical (unpaired) electrons. The Hall–Kier alpha value is -3.03. The largest absolute Gasteiger partial charge is 0.460 e. The van der Waals surface area contributed by atoms with Gasteiger partial charge in [0.05, 0.1) is 17.9 Å². The molecule has 1 saturated heterocycles. The van der Waals surface area contributed by atoms with E-state index >= 15 is 0 Å². The number of anilines is 1. The van der Waals surface area contributed by atoms with Gasteiger partial charge in [-0.15, -0.1) is 5.10 Å². The van der Waals surface area contributed by atoms with Crippen LogP contribution in [-0.4, -0.2) is 36.4 Å². The zero-order valence-electron chi connectivity index (χ0n) is 17.4. The van der Waals surface area contributed by atoms with Crippen LogP contribution in [-0.2, 0) is 22.1 Å². The van der Waals surface area contributed by atoms with Crippen LogP contribution < -0.4 is 5.43 Å². The van der Waals surface area contributed by atoms with Gasteiger partial charge in [0.2, 0.25) is 5.84 Å². The standard InChI is InChI=1S/C23H26F3N3O2/c1-2-31-22(30)21(28-27-20-10-6-9-19(16-20)23(24,25)26)29-13-11-18(12-14-29)15-17-7-4-3-5-8-17/h3-10,16,18,27H,2,11-15H2,1H3. The lowest BCUT2D eigenvalue weighted by atomic mass is 9.90. The molecule has 8 heteroatoms. The number of halogens is 3. The molecule has 1 N–H and O–H groups in total. The van der Waals surface area contributed by atoms with Crippen LogP contribution in [0.4, 0.5) is 18.9 Å². The summed E-state index contributed by atoms with van der Waals surface area (Å²) in [6, 6.07) is 15.0. The molecule has 0 unspecified atom stereocenters. The molecule has 0 atom stereocenters. The minimum Gasteiger partial charge on any atom is -0.460 e. The Bertz CT molecular complexity index is 892. The summed E-state index contributed by atoms with van der Waals surface area (Å²) >= 11 is 0. The highest BCUT2D eigenvalue weighted by atomic mass is 19.4. The van der Waals surface area contributed by atoms with Gasteiger partial charge in [0.25, 0.3) is 0 Å². The lowest BCUT2D eigenvalue weighted by molar-refractivity contribution is -0.138. The Morgan fingerprint density at radius 3 is 2.48 bits per heavy atom. The first kappa shape index (κ1) is 22.7. The number of likely N-dealkylation sites (tertiary alicyclic amines) is 1. The molecule has 0 saturated carbocycles. The molecule has 2 aromatic rings. The highest BCUT2D eigenvalue weighted by Gasteiger charge is 2.30. The normalized spacial score (nSPS) is 15.6. The van der Waals surface area contributed by atoms with Crippen molar-refractivity contribution < 1.29 is 22.7 Å². The third-order valence-corrected chi connectivity index (χ3v) is 5.22.